The predicted octanol–water partition coefficient (Wildman–Crippen LogP) is 4.86. The van der Waals surface area contributed by atoms with Crippen molar-refractivity contribution in [1.29, 1.82) is 0 Å². The van der Waals surface area contributed by atoms with Crippen molar-refractivity contribution in [2.24, 2.45) is 0 Å². The van der Waals surface area contributed by atoms with E-state index in [-0.39, 0.29) is 17.7 Å². The molecule has 0 saturated heterocycles. The number of fused-ring (bicyclic) bond motifs is 1. The summed E-state index contributed by atoms with van der Waals surface area (Å²) in [7, 11) is 0. The van der Waals surface area contributed by atoms with Crippen LogP contribution in [0.25, 0.3) is 5.69 Å². The van der Waals surface area contributed by atoms with Crippen LogP contribution >= 0.6 is 15.9 Å². The first-order valence-corrected chi connectivity index (χ1v) is 9.98. The van der Waals surface area contributed by atoms with Crippen molar-refractivity contribution in [3.8, 4) is 23.2 Å². The average Bonchev–Trinajstić information content (AvgIpc) is 3.02. The molecule has 1 aliphatic carbocycles. The van der Waals surface area contributed by atoms with E-state index < -0.39 is 12.1 Å². The van der Waals surface area contributed by atoms with Crippen LogP contribution in [0.15, 0.2) is 71.2 Å². The normalized spacial score (nSPS) is 19.3. The monoisotopic (exact) mass is 452 g/mol. The zero-order valence-corrected chi connectivity index (χ0v) is 16.8. The third-order valence-corrected chi connectivity index (χ3v) is 5.91. The van der Waals surface area contributed by atoms with E-state index in [4.69, 9.17) is 4.74 Å². The number of ether oxygens (including phenoxy) is 1. The van der Waals surface area contributed by atoms with Gasteiger partial charge in [0.15, 0.2) is 0 Å². The third-order valence-electron chi connectivity index (χ3n) is 5.38. The molecule has 0 spiro atoms. The Labute approximate surface area is 175 Å². The summed E-state index contributed by atoms with van der Waals surface area (Å²) in [6, 6.07) is 15.6. The van der Waals surface area contributed by atoms with E-state index in [0.717, 1.165) is 4.47 Å². The minimum Gasteiger partial charge on any atom is -0.494 e. The molecule has 0 saturated carbocycles. The van der Waals surface area contributed by atoms with Crippen molar-refractivity contribution in [3.05, 3.63) is 82.3 Å². The molecule has 2 bridgehead atoms. The molecule has 6 nitrogen and oxygen atoms in total. The Balaban J connectivity index is 1.53. The number of carbonyl (C=O) groups is 1. The molecule has 6 rings (SSSR count). The van der Waals surface area contributed by atoms with Gasteiger partial charge in [-0.25, -0.2) is 4.79 Å². The maximum Gasteiger partial charge on any atom is 0.416 e. The molecule has 7 heteroatoms. The first kappa shape index (κ1) is 17.9. The number of hydrogen-bond acceptors (Lipinski definition) is 4. The van der Waals surface area contributed by atoms with Crippen molar-refractivity contribution in [3.63, 3.8) is 0 Å². The van der Waals surface area contributed by atoms with E-state index in [2.05, 4.69) is 15.9 Å². The van der Waals surface area contributed by atoms with Crippen molar-refractivity contribution < 1.29 is 19.7 Å². The third kappa shape index (κ3) is 2.81. The molecule has 2 aliphatic heterocycles. The first-order chi connectivity index (χ1) is 14.0. The van der Waals surface area contributed by atoms with Crippen LogP contribution in [-0.4, -0.2) is 32.3 Å². The Morgan fingerprint density at radius 3 is 2.38 bits per heavy atom. The van der Waals surface area contributed by atoms with Gasteiger partial charge in [0, 0.05) is 28.1 Å². The molecule has 3 aromatic rings. The number of benzene rings is 2. The Hall–Kier alpha value is -3.19. The van der Waals surface area contributed by atoms with Crippen LogP contribution in [0.5, 0.6) is 17.5 Å². The van der Waals surface area contributed by atoms with Crippen LogP contribution < -0.4 is 4.74 Å². The van der Waals surface area contributed by atoms with E-state index in [0.29, 0.717) is 29.1 Å². The smallest absolute Gasteiger partial charge is 0.416 e. The molecular weight excluding hydrogens is 436 g/mol. The highest BCUT2D eigenvalue weighted by molar-refractivity contribution is 9.10. The number of para-hydroxylation sites is 1. The highest BCUT2D eigenvalue weighted by Crippen LogP contribution is 2.52. The van der Waals surface area contributed by atoms with Crippen molar-refractivity contribution in [2.45, 2.75) is 12.0 Å². The van der Waals surface area contributed by atoms with Gasteiger partial charge in [0.2, 0.25) is 11.8 Å². The van der Waals surface area contributed by atoms with Gasteiger partial charge in [-0.15, -0.1) is 0 Å². The minimum atomic E-state index is -0.506. The summed E-state index contributed by atoms with van der Waals surface area (Å²) in [4.78, 5) is 14.4. The zero-order chi connectivity index (χ0) is 20.1. The van der Waals surface area contributed by atoms with Gasteiger partial charge in [0.25, 0.3) is 0 Å². The summed E-state index contributed by atoms with van der Waals surface area (Å²) in [5.41, 5.74) is 1.83. The predicted molar refractivity (Wildman–Crippen MR) is 111 cm³/mol. The topological polar surface area (TPSA) is 74.9 Å². The van der Waals surface area contributed by atoms with Gasteiger partial charge in [-0.05, 0) is 36.4 Å². The second kappa shape index (κ2) is 6.70. The average molecular weight is 453 g/mol. The fourth-order valence-electron chi connectivity index (χ4n) is 4.08. The van der Waals surface area contributed by atoms with Crippen LogP contribution in [-0.2, 0) is 0 Å². The van der Waals surface area contributed by atoms with Gasteiger partial charge < -0.3 is 14.9 Å². The number of aromatic hydroxyl groups is 2. The molecule has 0 fully saturated rings. The number of nitrogens with zero attached hydrogens (tertiary/aromatic N) is 2. The van der Waals surface area contributed by atoms with E-state index in [1.54, 1.807) is 41.3 Å². The number of amides is 1. The Morgan fingerprint density at radius 2 is 1.66 bits per heavy atom. The summed E-state index contributed by atoms with van der Waals surface area (Å²) in [5, 5.41) is 21.9. The lowest BCUT2D eigenvalue weighted by molar-refractivity contribution is 0.130. The molecule has 0 radical (unpaired) electrons. The molecule has 29 heavy (non-hydrogen) atoms. The lowest BCUT2D eigenvalue weighted by atomic mass is 9.82. The first-order valence-electron chi connectivity index (χ1n) is 9.19. The van der Waals surface area contributed by atoms with Gasteiger partial charge in [-0.3, -0.25) is 9.47 Å². The van der Waals surface area contributed by atoms with Gasteiger partial charge in [0.1, 0.15) is 5.75 Å². The van der Waals surface area contributed by atoms with Gasteiger partial charge in [-0.1, -0.05) is 46.3 Å². The number of hydrogen-bond donors (Lipinski definition) is 2. The molecule has 146 valence electrons. The maximum atomic E-state index is 12.8. The SMILES string of the molecule is O=C(Oc1ccccc1)N1C[C@@H]2C=C[C@H]1c1c2c(O)n(-c2ccc(Br)cc2)c1O. The van der Waals surface area contributed by atoms with E-state index >= 15 is 0 Å². The van der Waals surface area contributed by atoms with Crippen LogP contribution in [0.4, 0.5) is 4.79 Å². The molecule has 1 amide bonds. The summed E-state index contributed by atoms with van der Waals surface area (Å²) >= 11 is 3.39. The Morgan fingerprint density at radius 1 is 0.966 bits per heavy atom. The fourth-order valence-corrected chi connectivity index (χ4v) is 4.34. The molecule has 1 aromatic heterocycles. The molecule has 3 heterocycles. The largest absolute Gasteiger partial charge is 0.494 e. The van der Waals surface area contributed by atoms with Crippen LogP contribution in [0.3, 0.4) is 0 Å². The molecule has 0 unspecified atom stereocenters. The van der Waals surface area contributed by atoms with Crippen LogP contribution in [0, 0.1) is 0 Å². The Bertz CT molecular complexity index is 1120. The number of rotatable bonds is 2. The number of carbonyl (C=O) groups excluding carboxylic acids is 1. The van der Waals surface area contributed by atoms with Crippen molar-refractivity contribution in [2.75, 3.05) is 6.54 Å². The summed E-state index contributed by atoms with van der Waals surface area (Å²) < 4.78 is 7.80. The van der Waals surface area contributed by atoms with Gasteiger partial charge in [-0.2, -0.15) is 0 Å². The quantitative estimate of drug-likeness (QED) is 0.544. The van der Waals surface area contributed by atoms with Crippen LogP contribution in [0.2, 0.25) is 0 Å². The molecule has 2 N–H and O–H groups in total. The summed E-state index contributed by atoms with van der Waals surface area (Å²) in [6.07, 6.45) is 3.34. The molecular formula is C22H17BrN2O4. The molecule has 2 atom stereocenters. The summed E-state index contributed by atoms with van der Waals surface area (Å²) in [5.74, 6) is 0.162. The van der Waals surface area contributed by atoms with Crippen molar-refractivity contribution >= 4 is 22.0 Å². The number of aromatic nitrogens is 1. The minimum absolute atomic E-state index is 0.00440. The molecule has 3 aliphatic rings. The highest BCUT2D eigenvalue weighted by Gasteiger charge is 2.44. The zero-order valence-electron chi connectivity index (χ0n) is 15.2. The fraction of sp³-hybridized carbons (Fsp3) is 0.136. The second-order valence-corrected chi connectivity index (χ2v) is 7.97. The molecule has 2 aromatic carbocycles. The summed E-state index contributed by atoms with van der Waals surface area (Å²) in [6.45, 7) is 0.372. The second-order valence-electron chi connectivity index (χ2n) is 7.06. The van der Waals surface area contributed by atoms with E-state index in [9.17, 15) is 15.0 Å². The Kier molecular flexibility index (Phi) is 4.13. The van der Waals surface area contributed by atoms with Crippen LogP contribution in [0.1, 0.15) is 23.1 Å². The van der Waals surface area contributed by atoms with E-state index in [1.807, 2.05) is 30.4 Å². The lowest BCUT2D eigenvalue weighted by Gasteiger charge is -2.40. The van der Waals surface area contributed by atoms with Gasteiger partial charge in [0.05, 0.1) is 11.7 Å². The van der Waals surface area contributed by atoms with E-state index in [1.165, 1.54) is 4.57 Å². The number of halogens is 1. The van der Waals surface area contributed by atoms with Gasteiger partial charge >= 0.3 is 6.09 Å². The maximum absolute atomic E-state index is 12.8. The van der Waals surface area contributed by atoms with Crippen molar-refractivity contribution in [1.82, 2.24) is 9.47 Å². The lowest BCUT2D eigenvalue weighted by Crippen LogP contribution is -2.44. The highest BCUT2D eigenvalue weighted by atomic mass is 79.9. The standard InChI is InChI=1S/C22H17BrN2O4/c23-14-7-9-15(10-8-14)25-20(26)18-13-6-11-17(19(18)21(25)27)24(12-13)22(28)29-16-4-2-1-3-5-16/h1-11,13,17,26-27H,12H2/t13-,17-/m0/s1.